The van der Waals surface area contributed by atoms with Crippen molar-refractivity contribution in [2.24, 2.45) is 0 Å². The number of esters is 1. The minimum absolute atomic E-state index is 0.0714. The Morgan fingerprint density at radius 3 is 3.07 bits per heavy atom. The Hall–Kier alpha value is -0.740. The highest BCUT2D eigenvalue weighted by molar-refractivity contribution is 9.09. The molecule has 0 aliphatic carbocycles. The molecule has 0 amide bonds. The van der Waals surface area contributed by atoms with Gasteiger partial charge in [-0.25, -0.2) is 4.79 Å². The Kier molecular flexibility index (Phi) is 2.89. The summed E-state index contributed by atoms with van der Waals surface area (Å²) in [7, 11) is 1.32. The molecule has 0 spiro atoms. The molecule has 80 valence electrons. The van der Waals surface area contributed by atoms with E-state index in [0.29, 0.717) is 16.3 Å². The van der Waals surface area contributed by atoms with Gasteiger partial charge in [0.15, 0.2) is 5.01 Å². The average Bonchev–Trinajstić information content (AvgIpc) is 2.59. The average molecular weight is 292 g/mol. The van der Waals surface area contributed by atoms with E-state index in [4.69, 9.17) is 16.3 Å². The highest BCUT2D eigenvalue weighted by atomic mass is 79.9. The molecule has 1 aliphatic heterocycles. The first-order chi connectivity index (χ1) is 7.13. The highest BCUT2D eigenvalue weighted by Gasteiger charge is 2.26. The lowest BCUT2D eigenvalue weighted by atomic mass is 10.1. The summed E-state index contributed by atoms with van der Waals surface area (Å²) in [5.74, 6) is 0.117. The Bertz CT molecular complexity index is 419. The second-order valence-electron chi connectivity index (χ2n) is 3.14. The van der Waals surface area contributed by atoms with E-state index < -0.39 is 5.97 Å². The molecule has 1 aliphatic rings. The van der Waals surface area contributed by atoms with E-state index in [1.54, 1.807) is 6.07 Å². The number of hydrogen-bond donors (Lipinski definition) is 0. The van der Waals surface area contributed by atoms with Gasteiger partial charge in [0.1, 0.15) is 5.75 Å². The Morgan fingerprint density at radius 2 is 2.40 bits per heavy atom. The summed E-state index contributed by atoms with van der Waals surface area (Å²) in [6, 6.07) is 3.48. The van der Waals surface area contributed by atoms with Gasteiger partial charge in [-0.15, -0.1) is 0 Å². The molecular formula is C10H8BrClO3. The third-order valence-electron chi connectivity index (χ3n) is 2.21. The summed E-state index contributed by atoms with van der Waals surface area (Å²) in [4.78, 5) is 11.3. The maximum absolute atomic E-state index is 11.3. The van der Waals surface area contributed by atoms with Gasteiger partial charge >= 0.3 is 5.97 Å². The van der Waals surface area contributed by atoms with E-state index in [2.05, 4.69) is 20.7 Å². The van der Waals surface area contributed by atoms with Crippen LogP contribution in [0.3, 0.4) is 0 Å². The summed E-state index contributed by atoms with van der Waals surface area (Å²) in [6.07, 6.45) is 0.747. The normalized spacial score (nSPS) is 18.2. The number of alkyl halides is 1. The van der Waals surface area contributed by atoms with Gasteiger partial charge in [0, 0.05) is 12.0 Å². The third kappa shape index (κ3) is 1.84. The van der Waals surface area contributed by atoms with Crippen molar-refractivity contribution in [1.82, 2.24) is 0 Å². The zero-order valence-corrected chi connectivity index (χ0v) is 10.3. The molecular weight excluding hydrogens is 283 g/mol. The third-order valence-corrected chi connectivity index (χ3v) is 3.10. The van der Waals surface area contributed by atoms with E-state index in [0.717, 1.165) is 12.0 Å². The summed E-state index contributed by atoms with van der Waals surface area (Å²) >= 11 is 9.38. The molecule has 0 radical (unpaired) electrons. The van der Waals surface area contributed by atoms with Gasteiger partial charge < -0.3 is 9.47 Å². The predicted octanol–water partition coefficient (Wildman–Crippen LogP) is 2.78. The molecule has 1 atom stereocenters. The van der Waals surface area contributed by atoms with E-state index >= 15 is 0 Å². The molecule has 3 nitrogen and oxygen atoms in total. The second kappa shape index (κ2) is 4.02. The zero-order chi connectivity index (χ0) is 11.0. The molecule has 1 unspecified atom stereocenters. The fourth-order valence-electron chi connectivity index (χ4n) is 1.49. The Labute approximate surface area is 100 Å². The van der Waals surface area contributed by atoms with Crippen LogP contribution in [0.5, 0.6) is 5.75 Å². The van der Waals surface area contributed by atoms with Crippen molar-refractivity contribution in [2.45, 2.75) is 11.4 Å². The molecule has 0 N–H and O–H groups in total. The molecule has 1 aromatic rings. The van der Waals surface area contributed by atoms with Crippen LogP contribution in [0.25, 0.3) is 0 Å². The van der Waals surface area contributed by atoms with Gasteiger partial charge in [0.25, 0.3) is 0 Å². The smallest absolute Gasteiger partial charge is 0.339 e. The number of ether oxygens (including phenoxy) is 2. The number of rotatable bonds is 1. The van der Waals surface area contributed by atoms with E-state index in [1.165, 1.54) is 7.11 Å². The standard InChI is InChI=1S/C10H8BrClO3/c1-14-10(13)6-3-2-5-4-7(11)15-9(5)8(6)12/h2-3,7H,4H2,1H3. The Balaban J connectivity index is 2.47. The molecule has 0 fully saturated rings. The van der Waals surface area contributed by atoms with Crippen molar-refractivity contribution >= 4 is 33.5 Å². The van der Waals surface area contributed by atoms with Gasteiger partial charge in [0.05, 0.1) is 17.7 Å². The van der Waals surface area contributed by atoms with Crippen LogP contribution < -0.4 is 4.74 Å². The second-order valence-corrected chi connectivity index (χ2v) is 4.54. The van der Waals surface area contributed by atoms with Crippen LogP contribution in [-0.2, 0) is 11.2 Å². The number of carbonyl (C=O) groups excluding carboxylic acids is 1. The van der Waals surface area contributed by atoms with Gasteiger partial charge in [-0.05, 0) is 22.0 Å². The summed E-state index contributed by atoms with van der Waals surface area (Å²) in [5, 5.41) is 0.249. The van der Waals surface area contributed by atoms with Crippen LogP contribution in [-0.4, -0.2) is 18.1 Å². The largest absolute Gasteiger partial charge is 0.477 e. The molecule has 1 aromatic carbocycles. The molecule has 1 heterocycles. The van der Waals surface area contributed by atoms with Crippen LogP contribution in [0, 0.1) is 0 Å². The fourth-order valence-corrected chi connectivity index (χ4v) is 2.34. The number of methoxy groups -OCH3 is 1. The van der Waals surface area contributed by atoms with E-state index in [1.807, 2.05) is 6.07 Å². The van der Waals surface area contributed by atoms with Crippen LogP contribution in [0.4, 0.5) is 0 Å². The molecule has 15 heavy (non-hydrogen) atoms. The van der Waals surface area contributed by atoms with Gasteiger partial charge in [-0.2, -0.15) is 0 Å². The van der Waals surface area contributed by atoms with E-state index in [9.17, 15) is 4.79 Å². The van der Waals surface area contributed by atoms with Gasteiger partial charge in [0.2, 0.25) is 0 Å². The summed E-state index contributed by atoms with van der Waals surface area (Å²) in [6.45, 7) is 0. The predicted molar refractivity (Wildman–Crippen MR) is 59.8 cm³/mol. The molecule has 0 saturated heterocycles. The summed E-state index contributed by atoms with van der Waals surface area (Å²) in [5.41, 5.74) is 1.33. The van der Waals surface area contributed by atoms with Crippen molar-refractivity contribution in [3.63, 3.8) is 0 Å². The van der Waals surface area contributed by atoms with Crippen LogP contribution in [0.1, 0.15) is 15.9 Å². The molecule has 5 heteroatoms. The number of fused-ring (bicyclic) bond motifs is 1. The lowest BCUT2D eigenvalue weighted by Crippen LogP contribution is -2.03. The van der Waals surface area contributed by atoms with Crippen molar-refractivity contribution in [1.29, 1.82) is 0 Å². The highest BCUT2D eigenvalue weighted by Crippen LogP contribution is 2.39. The van der Waals surface area contributed by atoms with Crippen molar-refractivity contribution in [2.75, 3.05) is 7.11 Å². The lowest BCUT2D eigenvalue weighted by molar-refractivity contribution is 0.0600. The molecule has 0 bridgehead atoms. The number of benzene rings is 1. The monoisotopic (exact) mass is 290 g/mol. The van der Waals surface area contributed by atoms with Crippen LogP contribution in [0.2, 0.25) is 5.02 Å². The number of halogens is 2. The number of hydrogen-bond acceptors (Lipinski definition) is 3. The lowest BCUT2D eigenvalue weighted by Gasteiger charge is -2.07. The fraction of sp³-hybridized carbons (Fsp3) is 0.300. The van der Waals surface area contributed by atoms with Crippen molar-refractivity contribution in [3.05, 3.63) is 28.3 Å². The zero-order valence-electron chi connectivity index (χ0n) is 7.92. The first-order valence-corrected chi connectivity index (χ1v) is 5.63. The van der Waals surface area contributed by atoms with Crippen LogP contribution in [0.15, 0.2) is 12.1 Å². The minimum Gasteiger partial charge on any atom is -0.477 e. The van der Waals surface area contributed by atoms with E-state index in [-0.39, 0.29) is 5.01 Å². The topological polar surface area (TPSA) is 35.5 Å². The van der Waals surface area contributed by atoms with Gasteiger partial charge in [-0.1, -0.05) is 17.7 Å². The summed E-state index contributed by atoms with van der Waals surface area (Å²) < 4.78 is 10.1. The van der Waals surface area contributed by atoms with Crippen molar-refractivity contribution < 1.29 is 14.3 Å². The first kappa shape index (κ1) is 10.8. The molecule has 0 saturated carbocycles. The quantitative estimate of drug-likeness (QED) is 0.589. The minimum atomic E-state index is -0.454. The van der Waals surface area contributed by atoms with Gasteiger partial charge in [-0.3, -0.25) is 0 Å². The maximum atomic E-state index is 11.3. The van der Waals surface area contributed by atoms with Crippen LogP contribution >= 0.6 is 27.5 Å². The van der Waals surface area contributed by atoms with Crippen molar-refractivity contribution in [3.8, 4) is 5.75 Å². The SMILES string of the molecule is COC(=O)c1ccc2c(c1Cl)OC(Br)C2. The Morgan fingerprint density at radius 1 is 1.67 bits per heavy atom. The maximum Gasteiger partial charge on any atom is 0.339 e. The number of carbonyl (C=O) groups is 1. The molecule has 2 rings (SSSR count). The first-order valence-electron chi connectivity index (χ1n) is 4.34. The molecule has 0 aromatic heterocycles.